The summed E-state index contributed by atoms with van der Waals surface area (Å²) in [7, 11) is 1.69. The smallest absolute Gasteiger partial charge is 0.330 e. The SMILES string of the molecule is CC(C)(C)CC(O)CO[B]c1ccccc1. The first-order valence-electron chi connectivity index (χ1n) is 5.65. The van der Waals surface area contributed by atoms with Crippen molar-refractivity contribution in [2.45, 2.75) is 33.3 Å². The van der Waals surface area contributed by atoms with Crippen molar-refractivity contribution in [3.8, 4) is 0 Å². The molecular weight excluding hydrogens is 199 g/mol. The van der Waals surface area contributed by atoms with E-state index >= 15 is 0 Å². The average Bonchev–Trinajstić information content (AvgIpc) is 2.16. The van der Waals surface area contributed by atoms with Crippen molar-refractivity contribution in [1.82, 2.24) is 0 Å². The Hall–Kier alpha value is -0.795. The van der Waals surface area contributed by atoms with Gasteiger partial charge in [-0.05, 0) is 11.8 Å². The van der Waals surface area contributed by atoms with Crippen molar-refractivity contribution in [2.75, 3.05) is 6.61 Å². The normalized spacial score (nSPS) is 13.5. The Labute approximate surface area is 98.9 Å². The van der Waals surface area contributed by atoms with E-state index in [1.165, 1.54) is 0 Å². The van der Waals surface area contributed by atoms with Crippen LogP contribution in [-0.2, 0) is 4.65 Å². The van der Waals surface area contributed by atoms with Gasteiger partial charge in [0.2, 0.25) is 0 Å². The molecule has 1 radical (unpaired) electrons. The first-order valence-corrected chi connectivity index (χ1v) is 5.65. The lowest BCUT2D eigenvalue weighted by Crippen LogP contribution is -2.26. The van der Waals surface area contributed by atoms with Crippen molar-refractivity contribution in [2.24, 2.45) is 5.41 Å². The van der Waals surface area contributed by atoms with Crippen LogP contribution in [0.1, 0.15) is 27.2 Å². The van der Waals surface area contributed by atoms with E-state index < -0.39 is 6.10 Å². The summed E-state index contributed by atoms with van der Waals surface area (Å²) in [4.78, 5) is 0. The zero-order valence-electron chi connectivity index (χ0n) is 10.3. The van der Waals surface area contributed by atoms with E-state index in [2.05, 4.69) is 20.8 Å². The molecule has 0 amide bonds. The highest BCUT2D eigenvalue weighted by molar-refractivity contribution is 6.46. The largest absolute Gasteiger partial charge is 0.432 e. The molecule has 0 aliphatic carbocycles. The summed E-state index contributed by atoms with van der Waals surface area (Å²) in [6, 6.07) is 9.82. The summed E-state index contributed by atoms with van der Waals surface area (Å²) in [5.74, 6) is 0. The second kappa shape index (κ2) is 6.07. The average molecular weight is 219 g/mol. The number of aliphatic hydroxyl groups excluding tert-OH is 1. The molecule has 2 nitrogen and oxygen atoms in total. The van der Waals surface area contributed by atoms with Crippen LogP contribution < -0.4 is 5.46 Å². The van der Waals surface area contributed by atoms with Crippen LogP contribution in [0, 0.1) is 5.41 Å². The molecule has 1 atom stereocenters. The minimum atomic E-state index is -0.403. The molecule has 0 aliphatic heterocycles. The molecule has 1 unspecified atom stereocenters. The van der Waals surface area contributed by atoms with Gasteiger partial charge in [0, 0.05) is 0 Å². The maximum atomic E-state index is 9.72. The van der Waals surface area contributed by atoms with E-state index in [4.69, 9.17) is 4.65 Å². The quantitative estimate of drug-likeness (QED) is 0.764. The van der Waals surface area contributed by atoms with E-state index in [-0.39, 0.29) is 5.41 Å². The number of hydrogen-bond acceptors (Lipinski definition) is 2. The molecule has 0 fully saturated rings. The third kappa shape index (κ3) is 5.94. The van der Waals surface area contributed by atoms with E-state index in [9.17, 15) is 5.11 Å². The molecule has 1 aromatic carbocycles. The highest BCUT2D eigenvalue weighted by Gasteiger charge is 2.16. The van der Waals surface area contributed by atoms with Crippen LogP contribution in [0.4, 0.5) is 0 Å². The molecule has 16 heavy (non-hydrogen) atoms. The van der Waals surface area contributed by atoms with Gasteiger partial charge in [0.05, 0.1) is 12.7 Å². The third-order valence-electron chi connectivity index (χ3n) is 2.16. The Morgan fingerprint density at radius 1 is 1.25 bits per heavy atom. The zero-order valence-corrected chi connectivity index (χ0v) is 10.3. The van der Waals surface area contributed by atoms with Crippen LogP contribution >= 0.6 is 0 Å². The van der Waals surface area contributed by atoms with Crippen molar-refractivity contribution < 1.29 is 9.76 Å². The Morgan fingerprint density at radius 2 is 1.88 bits per heavy atom. The Balaban J connectivity index is 2.21. The van der Waals surface area contributed by atoms with Crippen LogP contribution in [-0.4, -0.2) is 25.3 Å². The standard InChI is InChI=1S/C13H20BO2/c1-13(2,3)9-12(15)10-16-14-11-7-5-4-6-8-11/h4-8,12,15H,9-10H2,1-3H3. The summed E-state index contributed by atoms with van der Waals surface area (Å²) in [5, 5.41) is 9.72. The first kappa shape index (κ1) is 13.3. The molecular formula is C13H20BO2. The lowest BCUT2D eigenvalue weighted by molar-refractivity contribution is 0.0734. The number of rotatable bonds is 5. The van der Waals surface area contributed by atoms with E-state index in [0.29, 0.717) is 6.61 Å². The highest BCUT2D eigenvalue weighted by atomic mass is 16.4. The van der Waals surface area contributed by atoms with Gasteiger partial charge in [-0.1, -0.05) is 56.6 Å². The Bertz CT molecular complexity index is 293. The van der Waals surface area contributed by atoms with Crippen LogP contribution in [0.2, 0.25) is 0 Å². The van der Waals surface area contributed by atoms with Gasteiger partial charge in [-0.3, -0.25) is 0 Å². The maximum Gasteiger partial charge on any atom is 0.330 e. The second-order valence-corrected chi connectivity index (χ2v) is 5.28. The molecule has 0 saturated carbocycles. The molecule has 0 bridgehead atoms. The van der Waals surface area contributed by atoms with E-state index in [1.54, 1.807) is 7.48 Å². The fraction of sp³-hybridized carbons (Fsp3) is 0.538. The summed E-state index contributed by atoms with van der Waals surface area (Å²) < 4.78 is 5.35. The summed E-state index contributed by atoms with van der Waals surface area (Å²) in [5.41, 5.74) is 1.15. The van der Waals surface area contributed by atoms with E-state index in [0.717, 1.165) is 11.9 Å². The minimum absolute atomic E-state index is 0.134. The van der Waals surface area contributed by atoms with Crippen LogP contribution in [0.3, 0.4) is 0 Å². The number of aliphatic hydroxyl groups is 1. The lowest BCUT2D eigenvalue weighted by atomic mass is 9.87. The fourth-order valence-electron chi connectivity index (χ4n) is 1.55. The summed E-state index contributed by atoms with van der Waals surface area (Å²) >= 11 is 0. The van der Waals surface area contributed by atoms with Gasteiger partial charge in [-0.15, -0.1) is 0 Å². The second-order valence-electron chi connectivity index (χ2n) is 5.28. The minimum Gasteiger partial charge on any atom is -0.432 e. The van der Waals surface area contributed by atoms with Gasteiger partial charge in [0.25, 0.3) is 0 Å². The first-order chi connectivity index (χ1) is 7.47. The van der Waals surface area contributed by atoms with Crippen molar-refractivity contribution in [3.63, 3.8) is 0 Å². The zero-order chi connectivity index (χ0) is 12.0. The number of benzene rings is 1. The molecule has 1 aromatic rings. The molecule has 0 aromatic heterocycles. The molecule has 1 N–H and O–H groups in total. The molecule has 3 heteroatoms. The van der Waals surface area contributed by atoms with Crippen molar-refractivity contribution >= 4 is 12.9 Å². The predicted octanol–water partition coefficient (Wildman–Crippen LogP) is 1.74. The highest BCUT2D eigenvalue weighted by Crippen LogP contribution is 2.20. The fourth-order valence-corrected chi connectivity index (χ4v) is 1.55. The molecule has 0 aliphatic rings. The Kier molecular flexibility index (Phi) is 5.03. The van der Waals surface area contributed by atoms with Gasteiger partial charge in [-0.25, -0.2) is 0 Å². The monoisotopic (exact) mass is 219 g/mol. The van der Waals surface area contributed by atoms with Gasteiger partial charge in [-0.2, -0.15) is 0 Å². The molecule has 0 saturated heterocycles. The molecule has 0 heterocycles. The van der Waals surface area contributed by atoms with Crippen LogP contribution in [0.25, 0.3) is 0 Å². The van der Waals surface area contributed by atoms with Crippen LogP contribution in [0.5, 0.6) is 0 Å². The maximum absolute atomic E-state index is 9.72. The van der Waals surface area contributed by atoms with Crippen LogP contribution in [0.15, 0.2) is 30.3 Å². The van der Waals surface area contributed by atoms with Crippen molar-refractivity contribution in [3.05, 3.63) is 30.3 Å². The molecule has 1 rings (SSSR count). The lowest BCUT2D eigenvalue weighted by Gasteiger charge is -2.22. The van der Waals surface area contributed by atoms with Gasteiger partial charge in [0.15, 0.2) is 0 Å². The van der Waals surface area contributed by atoms with E-state index in [1.807, 2.05) is 30.3 Å². The van der Waals surface area contributed by atoms with Gasteiger partial charge in [0.1, 0.15) is 0 Å². The summed E-state index contributed by atoms with van der Waals surface area (Å²) in [6.07, 6.45) is 0.343. The summed E-state index contributed by atoms with van der Waals surface area (Å²) in [6.45, 7) is 6.68. The predicted molar refractivity (Wildman–Crippen MR) is 67.9 cm³/mol. The topological polar surface area (TPSA) is 29.5 Å². The molecule has 87 valence electrons. The van der Waals surface area contributed by atoms with Gasteiger partial charge >= 0.3 is 7.48 Å². The Morgan fingerprint density at radius 3 is 2.44 bits per heavy atom. The number of hydrogen-bond donors (Lipinski definition) is 1. The third-order valence-corrected chi connectivity index (χ3v) is 2.16. The van der Waals surface area contributed by atoms with Crippen molar-refractivity contribution in [1.29, 1.82) is 0 Å². The molecule has 0 spiro atoms. The van der Waals surface area contributed by atoms with Gasteiger partial charge < -0.3 is 9.76 Å².